The number of likely N-dealkylation sites (tertiary alicyclic amines) is 1. The Morgan fingerprint density at radius 3 is 2.73 bits per heavy atom. The highest BCUT2D eigenvalue weighted by Crippen LogP contribution is 2.34. The molecule has 2 rings (SSSR count). The molecule has 5 heteroatoms. The summed E-state index contributed by atoms with van der Waals surface area (Å²) in [5, 5.41) is 10.3. The van der Waals surface area contributed by atoms with Crippen molar-refractivity contribution in [1.82, 2.24) is 4.90 Å². The molecule has 1 fully saturated rings. The van der Waals surface area contributed by atoms with Crippen LogP contribution < -0.4 is 0 Å². The lowest BCUT2D eigenvalue weighted by molar-refractivity contribution is -0.131. The average Bonchev–Trinajstić information content (AvgIpc) is 2.55. The molecule has 1 heterocycles. The monoisotopic (exact) mass is 341 g/mol. The molecular weight excluding hydrogens is 318 g/mol. The van der Waals surface area contributed by atoms with Crippen LogP contribution in [0.1, 0.15) is 31.7 Å². The van der Waals surface area contributed by atoms with Crippen molar-refractivity contribution in [3.8, 4) is 0 Å². The molecule has 0 unspecified atom stereocenters. The first-order chi connectivity index (χ1) is 10.6. The van der Waals surface area contributed by atoms with Gasteiger partial charge in [-0.15, -0.1) is 11.8 Å². The SMILES string of the molecule is CCC1(CO)CCN(C(=O)CSCc2cccc(Cl)c2)CC1. The van der Waals surface area contributed by atoms with E-state index in [1.54, 1.807) is 11.8 Å². The summed E-state index contributed by atoms with van der Waals surface area (Å²) in [6.07, 6.45) is 2.80. The first kappa shape index (κ1) is 17.6. The van der Waals surface area contributed by atoms with Gasteiger partial charge in [-0.25, -0.2) is 0 Å². The first-order valence-electron chi connectivity index (χ1n) is 7.79. The van der Waals surface area contributed by atoms with Gasteiger partial charge < -0.3 is 10.0 Å². The fraction of sp³-hybridized carbons (Fsp3) is 0.588. The fourth-order valence-electron chi connectivity index (χ4n) is 2.83. The van der Waals surface area contributed by atoms with Gasteiger partial charge in [-0.1, -0.05) is 30.7 Å². The van der Waals surface area contributed by atoms with Crippen LogP contribution in [-0.4, -0.2) is 41.4 Å². The molecule has 0 radical (unpaired) electrons. The summed E-state index contributed by atoms with van der Waals surface area (Å²) in [6.45, 7) is 3.89. The quantitative estimate of drug-likeness (QED) is 0.859. The van der Waals surface area contributed by atoms with Gasteiger partial charge in [0.05, 0.1) is 5.75 Å². The number of halogens is 1. The standard InChI is InChI=1S/C17H24ClNO2S/c1-2-17(13-20)6-8-19(9-7-17)16(21)12-22-11-14-4-3-5-15(18)10-14/h3-5,10,20H,2,6-9,11-13H2,1H3. The largest absolute Gasteiger partial charge is 0.396 e. The van der Waals surface area contributed by atoms with Gasteiger partial charge in [-0.3, -0.25) is 4.79 Å². The minimum atomic E-state index is 0.0325. The second kappa shape index (κ2) is 8.23. The maximum absolute atomic E-state index is 12.3. The molecule has 1 aromatic rings. The van der Waals surface area contributed by atoms with Crippen molar-refractivity contribution in [2.24, 2.45) is 5.41 Å². The average molecular weight is 342 g/mol. The normalized spacial score (nSPS) is 17.5. The van der Waals surface area contributed by atoms with Crippen molar-refractivity contribution < 1.29 is 9.90 Å². The van der Waals surface area contributed by atoms with E-state index in [1.807, 2.05) is 29.2 Å². The number of aliphatic hydroxyl groups is 1. The highest BCUT2D eigenvalue weighted by Gasteiger charge is 2.33. The number of amides is 1. The predicted octanol–water partition coefficient (Wildman–Crippen LogP) is 3.58. The number of rotatable bonds is 6. The molecule has 122 valence electrons. The van der Waals surface area contributed by atoms with Gasteiger partial charge in [0, 0.05) is 30.5 Å². The predicted molar refractivity (Wildman–Crippen MR) is 93.2 cm³/mol. The second-order valence-corrected chi connectivity index (χ2v) is 7.44. The molecule has 0 bridgehead atoms. The molecule has 0 aromatic heterocycles. The number of nitrogens with zero attached hydrogens (tertiary/aromatic N) is 1. The minimum absolute atomic E-state index is 0.0325. The van der Waals surface area contributed by atoms with Crippen molar-refractivity contribution in [2.45, 2.75) is 31.9 Å². The number of aliphatic hydroxyl groups excluding tert-OH is 1. The lowest BCUT2D eigenvalue weighted by atomic mass is 9.77. The van der Waals surface area contributed by atoms with E-state index < -0.39 is 0 Å². The third-order valence-corrected chi connectivity index (χ3v) is 5.87. The molecule has 0 spiro atoms. The number of piperidine rings is 1. The van der Waals surface area contributed by atoms with Crippen LogP contribution in [0.3, 0.4) is 0 Å². The molecular formula is C17H24ClNO2S. The Morgan fingerprint density at radius 2 is 2.14 bits per heavy atom. The van der Waals surface area contributed by atoms with E-state index in [-0.39, 0.29) is 17.9 Å². The van der Waals surface area contributed by atoms with Crippen molar-refractivity contribution in [2.75, 3.05) is 25.4 Å². The zero-order valence-electron chi connectivity index (χ0n) is 13.1. The van der Waals surface area contributed by atoms with Gasteiger partial charge in [0.2, 0.25) is 5.91 Å². The maximum atomic E-state index is 12.3. The Labute approximate surface area is 142 Å². The lowest BCUT2D eigenvalue weighted by Crippen LogP contribution is -2.45. The fourth-order valence-corrected chi connectivity index (χ4v) is 3.92. The Morgan fingerprint density at radius 1 is 1.41 bits per heavy atom. The minimum Gasteiger partial charge on any atom is -0.396 e. The van der Waals surface area contributed by atoms with Gasteiger partial charge >= 0.3 is 0 Å². The molecule has 1 amide bonds. The highest BCUT2D eigenvalue weighted by molar-refractivity contribution is 7.99. The van der Waals surface area contributed by atoms with Crippen LogP contribution in [0, 0.1) is 5.41 Å². The van der Waals surface area contributed by atoms with Crippen LogP contribution in [0.25, 0.3) is 0 Å². The Hall–Kier alpha value is -0.710. The number of hydrogen-bond donors (Lipinski definition) is 1. The zero-order valence-corrected chi connectivity index (χ0v) is 14.6. The Kier molecular flexibility index (Phi) is 6.60. The van der Waals surface area contributed by atoms with Crippen molar-refractivity contribution >= 4 is 29.3 Å². The number of carbonyl (C=O) groups excluding carboxylic acids is 1. The summed E-state index contributed by atoms with van der Waals surface area (Å²) in [5.74, 6) is 1.51. The maximum Gasteiger partial charge on any atom is 0.232 e. The van der Waals surface area contributed by atoms with Crippen LogP contribution in [0.2, 0.25) is 5.02 Å². The molecule has 0 aliphatic carbocycles. The number of carbonyl (C=O) groups is 1. The molecule has 1 saturated heterocycles. The number of thioether (sulfide) groups is 1. The van der Waals surface area contributed by atoms with Crippen LogP contribution in [0.5, 0.6) is 0 Å². The number of benzene rings is 1. The highest BCUT2D eigenvalue weighted by atomic mass is 35.5. The molecule has 1 aliphatic rings. The van der Waals surface area contributed by atoms with Crippen LogP contribution >= 0.6 is 23.4 Å². The molecule has 1 aliphatic heterocycles. The van der Waals surface area contributed by atoms with Gasteiger partial charge in [0.15, 0.2) is 0 Å². The van der Waals surface area contributed by atoms with E-state index in [4.69, 9.17) is 11.6 Å². The summed E-state index contributed by atoms with van der Waals surface area (Å²) < 4.78 is 0. The molecule has 22 heavy (non-hydrogen) atoms. The smallest absolute Gasteiger partial charge is 0.232 e. The van der Waals surface area contributed by atoms with E-state index in [9.17, 15) is 9.90 Å². The summed E-state index contributed by atoms with van der Waals surface area (Å²) in [6, 6.07) is 7.76. The third kappa shape index (κ3) is 4.64. The zero-order chi connectivity index (χ0) is 16.0. The molecule has 1 N–H and O–H groups in total. The van der Waals surface area contributed by atoms with E-state index >= 15 is 0 Å². The van der Waals surface area contributed by atoms with Gasteiger partial charge in [0.25, 0.3) is 0 Å². The van der Waals surface area contributed by atoms with Crippen molar-refractivity contribution in [3.05, 3.63) is 34.9 Å². The van der Waals surface area contributed by atoms with Gasteiger partial charge in [-0.2, -0.15) is 0 Å². The summed E-state index contributed by atoms with van der Waals surface area (Å²) in [4.78, 5) is 14.2. The summed E-state index contributed by atoms with van der Waals surface area (Å²) >= 11 is 7.59. The van der Waals surface area contributed by atoms with Gasteiger partial charge in [-0.05, 0) is 42.4 Å². The van der Waals surface area contributed by atoms with Crippen LogP contribution in [0.4, 0.5) is 0 Å². The molecule has 0 saturated carbocycles. The summed E-state index contributed by atoms with van der Waals surface area (Å²) in [7, 11) is 0. The number of hydrogen-bond acceptors (Lipinski definition) is 3. The Bertz CT molecular complexity index is 495. The second-order valence-electron chi connectivity index (χ2n) is 6.02. The Balaban J connectivity index is 1.74. The first-order valence-corrected chi connectivity index (χ1v) is 9.33. The third-order valence-electron chi connectivity index (χ3n) is 4.65. The molecule has 1 aromatic carbocycles. The summed E-state index contributed by atoms with van der Waals surface area (Å²) in [5.41, 5.74) is 1.18. The van der Waals surface area contributed by atoms with Crippen LogP contribution in [-0.2, 0) is 10.5 Å². The lowest BCUT2D eigenvalue weighted by Gasteiger charge is -2.40. The van der Waals surface area contributed by atoms with Crippen molar-refractivity contribution in [1.29, 1.82) is 0 Å². The van der Waals surface area contributed by atoms with Crippen LogP contribution in [0.15, 0.2) is 24.3 Å². The topological polar surface area (TPSA) is 40.5 Å². The van der Waals surface area contributed by atoms with E-state index in [0.717, 1.165) is 48.7 Å². The van der Waals surface area contributed by atoms with Gasteiger partial charge in [0.1, 0.15) is 0 Å². The molecule has 0 atom stereocenters. The van der Waals surface area contributed by atoms with E-state index in [0.29, 0.717) is 5.75 Å². The van der Waals surface area contributed by atoms with Crippen molar-refractivity contribution in [3.63, 3.8) is 0 Å². The molecule has 3 nitrogen and oxygen atoms in total. The van der Waals surface area contributed by atoms with E-state index in [2.05, 4.69) is 6.92 Å². The van der Waals surface area contributed by atoms with E-state index in [1.165, 1.54) is 0 Å².